The zero-order chi connectivity index (χ0) is 20.6. The number of hydrogen-bond acceptors (Lipinski definition) is 3. The summed E-state index contributed by atoms with van der Waals surface area (Å²) < 4.78 is 45.7. The number of fused-ring (bicyclic) bond motifs is 1. The average Bonchev–Trinajstić information content (AvgIpc) is 3.05. The van der Waals surface area contributed by atoms with Gasteiger partial charge in [0.2, 0.25) is 5.91 Å². The van der Waals surface area contributed by atoms with E-state index in [0.717, 1.165) is 12.1 Å². The molecule has 3 aromatic rings. The maximum absolute atomic E-state index is 12.9. The van der Waals surface area contributed by atoms with Crippen LogP contribution in [0.4, 0.5) is 13.2 Å². The summed E-state index contributed by atoms with van der Waals surface area (Å²) in [5.41, 5.74) is 1.00. The lowest BCUT2D eigenvalue weighted by Gasteiger charge is -2.27. The SMILES string of the molecule is O=C(Cn1c(-c2ccc(C(F)(F)F)cc2)nc2ccc(Cl)cc21)N1CCOCC1. The Labute approximate surface area is 169 Å². The number of carbonyl (C=O) groups excluding carboxylic acids is 1. The highest BCUT2D eigenvalue weighted by Gasteiger charge is 2.30. The average molecular weight is 424 g/mol. The van der Waals surface area contributed by atoms with Crippen molar-refractivity contribution in [3.63, 3.8) is 0 Å². The molecule has 0 radical (unpaired) electrons. The first kappa shape index (κ1) is 19.7. The van der Waals surface area contributed by atoms with E-state index in [2.05, 4.69) is 4.98 Å². The predicted molar refractivity (Wildman–Crippen MR) is 103 cm³/mol. The van der Waals surface area contributed by atoms with Crippen LogP contribution in [0.5, 0.6) is 0 Å². The largest absolute Gasteiger partial charge is 0.416 e. The number of amides is 1. The lowest BCUT2D eigenvalue weighted by molar-refractivity contribution is -0.137. The lowest BCUT2D eigenvalue weighted by atomic mass is 10.1. The molecule has 2 heterocycles. The second kappa shape index (κ2) is 7.68. The Morgan fingerprint density at radius 3 is 2.45 bits per heavy atom. The second-order valence-electron chi connectivity index (χ2n) is 6.72. The highest BCUT2D eigenvalue weighted by molar-refractivity contribution is 6.31. The van der Waals surface area contributed by atoms with Gasteiger partial charge in [0.1, 0.15) is 12.4 Å². The van der Waals surface area contributed by atoms with Crippen LogP contribution in [0.15, 0.2) is 42.5 Å². The molecule has 1 amide bonds. The molecule has 0 atom stereocenters. The highest BCUT2D eigenvalue weighted by atomic mass is 35.5. The van der Waals surface area contributed by atoms with Crippen LogP contribution in [0.1, 0.15) is 5.56 Å². The number of halogens is 4. The van der Waals surface area contributed by atoms with E-state index >= 15 is 0 Å². The molecule has 1 aromatic heterocycles. The van der Waals surface area contributed by atoms with Gasteiger partial charge in [-0.15, -0.1) is 0 Å². The van der Waals surface area contributed by atoms with Crippen LogP contribution in [0, 0.1) is 0 Å². The van der Waals surface area contributed by atoms with Crippen molar-refractivity contribution < 1.29 is 22.7 Å². The summed E-state index contributed by atoms with van der Waals surface area (Å²) in [5, 5.41) is 0.483. The van der Waals surface area contributed by atoms with E-state index in [1.807, 2.05) is 0 Å². The number of benzene rings is 2. The Bertz CT molecular complexity index is 1040. The van der Waals surface area contributed by atoms with E-state index in [1.54, 1.807) is 27.7 Å². The topological polar surface area (TPSA) is 47.4 Å². The Kier molecular flexibility index (Phi) is 5.23. The van der Waals surface area contributed by atoms with Gasteiger partial charge in [-0.3, -0.25) is 4.79 Å². The first-order valence-electron chi connectivity index (χ1n) is 9.02. The number of ether oxygens (including phenoxy) is 1. The monoisotopic (exact) mass is 423 g/mol. The van der Waals surface area contributed by atoms with Crippen LogP contribution >= 0.6 is 11.6 Å². The minimum atomic E-state index is -4.42. The van der Waals surface area contributed by atoms with Crippen LogP contribution < -0.4 is 0 Å². The van der Waals surface area contributed by atoms with E-state index in [-0.39, 0.29) is 12.5 Å². The van der Waals surface area contributed by atoms with E-state index in [1.165, 1.54) is 12.1 Å². The van der Waals surface area contributed by atoms with Gasteiger partial charge in [-0.25, -0.2) is 4.98 Å². The third kappa shape index (κ3) is 4.09. The number of carbonyl (C=O) groups is 1. The van der Waals surface area contributed by atoms with Gasteiger partial charge in [0.25, 0.3) is 0 Å². The van der Waals surface area contributed by atoms with E-state index in [9.17, 15) is 18.0 Å². The molecule has 0 aliphatic carbocycles. The quantitative estimate of drug-likeness (QED) is 0.633. The summed E-state index contributed by atoms with van der Waals surface area (Å²) in [7, 11) is 0. The third-order valence-electron chi connectivity index (χ3n) is 4.84. The fraction of sp³-hybridized carbons (Fsp3) is 0.300. The fourth-order valence-electron chi connectivity index (χ4n) is 3.33. The van der Waals surface area contributed by atoms with E-state index in [0.29, 0.717) is 53.7 Å². The molecule has 9 heteroatoms. The molecule has 0 N–H and O–H groups in total. The van der Waals surface area contributed by atoms with E-state index in [4.69, 9.17) is 16.3 Å². The van der Waals surface area contributed by atoms with Crippen LogP contribution in [0.2, 0.25) is 5.02 Å². The van der Waals surface area contributed by atoms with Crippen LogP contribution in [0.3, 0.4) is 0 Å². The Balaban J connectivity index is 1.75. The minimum Gasteiger partial charge on any atom is -0.378 e. The Hall–Kier alpha value is -2.58. The molecule has 0 spiro atoms. The summed E-state index contributed by atoms with van der Waals surface area (Å²) in [6.45, 7) is 1.97. The molecular formula is C20H17ClF3N3O2. The van der Waals surface area contributed by atoms with Crippen molar-refractivity contribution in [2.75, 3.05) is 26.3 Å². The molecule has 0 bridgehead atoms. The molecule has 0 saturated carbocycles. The van der Waals surface area contributed by atoms with Crippen molar-refractivity contribution in [3.05, 3.63) is 53.1 Å². The summed E-state index contributed by atoms with van der Waals surface area (Å²) in [5.74, 6) is 0.304. The molecule has 5 nitrogen and oxygen atoms in total. The number of aromatic nitrogens is 2. The highest BCUT2D eigenvalue weighted by Crippen LogP contribution is 2.32. The maximum atomic E-state index is 12.9. The number of morpholine rings is 1. The van der Waals surface area contributed by atoms with Gasteiger partial charge in [0, 0.05) is 23.7 Å². The van der Waals surface area contributed by atoms with Crippen molar-refractivity contribution >= 4 is 28.5 Å². The number of imidazole rings is 1. The van der Waals surface area contributed by atoms with Gasteiger partial charge in [0.15, 0.2) is 0 Å². The fourth-order valence-corrected chi connectivity index (χ4v) is 3.50. The summed E-state index contributed by atoms with van der Waals surface area (Å²) in [4.78, 5) is 19.0. The number of rotatable bonds is 3. The van der Waals surface area contributed by atoms with Crippen LogP contribution in [-0.2, 0) is 22.3 Å². The van der Waals surface area contributed by atoms with Gasteiger partial charge < -0.3 is 14.2 Å². The van der Waals surface area contributed by atoms with Crippen molar-refractivity contribution in [1.29, 1.82) is 0 Å². The number of nitrogens with zero attached hydrogens (tertiary/aromatic N) is 3. The molecule has 1 aliphatic heterocycles. The smallest absolute Gasteiger partial charge is 0.378 e. The van der Waals surface area contributed by atoms with Crippen molar-refractivity contribution in [1.82, 2.24) is 14.5 Å². The second-order valence-corrected chi connectivity index (χ2v) is 7.16. The standard InChI is InChI=1S/C20H17ClF3N3O2/c21-15-5-6-16-17(11-15)27(12-18(28)26-7-9-29-10-8-26)19(25-16)13-1-3-14(4-2-13)20(22,23)24/h1-6,11H,7-10,12H2. The lowest BCUT2D eigenvalue weighted by Crippen LogP contribution is -2.42. The van der Waals surface area contributed by atoms with Gasteiger partial charge in [-0.2, -0.15) is 13.2 Å². The Morgan fingerprint density at radius 2 is 1.79 bits per heavy atom. The normalized spacial score (nSPS) is 15.1. The van der Waals surface area contributed by atoms with Gasteiger partial charge in [-0.05, 0) is 30.3 Å². The molecular weight excluding hydrogens is 407 g/mol. The molecule has 1 fully saturated rings. The molecule has 4 rings (SSSR count). The van der Waals surface area contributed by atoms with Gasteiger partial charge >= 0.3 is 6.18 Å². The van der Waals surface area contributed by atoms with Crippen LogP contribution in [0.25, 0.3) is 22.4 Å². The minimum absolute atomic E-state index is 0.00714. The third-order valence-corrected chi connectivity index (χ3v) is 5.07. The van der Waals surface area contributed by atoms with Gasteiger partial charge in [-0.1, -0.05) is 23.7 Å². The van der Waals surface area contributed by atoms with E-state index < -0.39 is 11.7 Å². The Morgan fingerprint density at radius 1 is 1.10 bits per heavy atom. The molecule has 2 aromatic carbocycles. The summed E-state index contributed by atoms with van der Waals surface area (Å²) >= 11 is 6.12. The maximum Gasteiger partial charge on any atom is 0.416 e. The first-order chi connectivity index (χ1) is 13.8. The van der Waals surface area contributed by atoms with Crippen LogP contribution in [-0.4, -0.2) is 46.7 Å². The number of alkyl halides is 3. The predicted octanol–water partition coefficient (Wildman–Crippen LogP) is 4.23. The van der Waals surface area contributed by atoms with Crippen molar-refractivity contribution in [3.8, 4) is 11.4 Å². The zero-order valence-corrected chi connectivity index (χ0v) is 16.0. The summed E-state index contributed by atoms with van der Waals surface area (Å²) in [6, 6.07) is 9.85. The van der Waals surface area contributed by atoms with Crippen molar-refractivity contribution in [2.45, 2.75) is 12.7 Å². The molecule has 1 aliphatic rings. The number of hydrogen-bond donors (Lipinski definition) is 0. The molecule has 152 valence electrons. The van der Waals surface area contributed by atoms with Gasteiger partial charge in [0.05, 0.1) is 29.8 Å². The molecule has 1 saturated heterocycles. The van der Waals surface area contributed by atoms with Crippen molar-refractivity contribution in [2.24, 2.45) is 0 Å². The molecule has 29 heavy (non-hydrogen) atoms. The zero-order valence-electron chi connectivity index (χ0n) is 15.2. The molecule has 0 unspecified atom stereocenters. The first-order valence-corrected chi connectivity index (χ1v) is 9.40. The summed E-state index contributed by atoms with van der Waals surface area (Å²) in [6.07, 6.45) is -4.42.